The fourth-order valence-corrected chi connectivity index (χ4v) is 1.70. The highest BCUT2D eigenvalue weighted by molar-refractivity contribution is 5.44. The van der Waals surface area contributed by atoms with Crippen LogP contribution in [0.4, 0.5) is 5.69 Å². The summed E-state index contributed by atoms with van der Waals surface area (Å²) >= 11 is 0. The molecular formula is C14H23NO. The number of unbranched alkanes of at least 4 members (excludes halogenated alkanes) is 3. The van der Waals surface area contributed by atoms with Crippen molar-refractivity contribution in [1.82, 2.24) is 0 Å². The molecule has 1 aromatic rings. The largest absolute Gasteiger partial charge is 0.396 e. The quantitative estimate of drug-likeness (QED) is 0.661. The van der Waals surface area contributed by atoms with Gasteiger partial charge in [-0.1, -0.05) is 38.3 Å². The number of hydrogen-bond donors (Lipinski definition) is 2. The van der Waals surface area contributed by atoms with Gasteiger partial charge in [0.25, 0.3) is 0 Å². The van der Waals surface area contributed by atoms with Gasteiger partial charge in [-0.25, -0.2) is 0 Å². The van der Waals surface area contributed by atoms with Crippen LogP contribution in [0.5, 0.6) is 0 Å². The Kier molecular flexibility index (Phi) is 6.66. The second-order valence-electron chi connectivity index (χ2n) is 4.16. The summed E-state index contributed by atoms with van der Waals surface area (Å²) in [6, 6.07) is 8.32. The zero-order valence-electron chi connectivity index (χ0n) is 10.2. The second-order valence-corrected chi connectivity index (χ2v) is 4.16. The molecule has 0 unspecified atom stereocenters. The SMILES string of the molecule is CCCCCCNc1ccc(CCO)cc1. The van der Waals surface area contributed by atoms with Crippen LogP contribution in [-0.4, -0.2) is 18.3 Å². The first-order valence-electron chi connectivity index (χ1n) is 6.30. The van der Waals surface area contributed by atoms with Gasteiger partial charge in [0.1, 0.15) is 0 Å². The molecule has 0 spiro atoms. The minimum absolute atomic E-state index is 0.226. The number of benzene rings is 1. The van der Waals surface area contributed by atoms with Crippen molar-refractivity contribution in [3.05, 3.63) is 29.8 Å². The van der Waals surface area contributed by atoms with Crippen molar-refractivity contribution in [2.45, 2.75) is 39.0 Å². The Morgan fingerprint density at radius 1 is 1.06 bits per heavy atom. The van der Waals surface area contributed by atoms with Gasteiger partial charge in [0.2, 0.25) is 0 Å². The lowest BCUT2D eigenvalue weighted by molar-refractivity contribution is 0.299. The van der Waals surface area contributed by atoms with Gasteiger partial charge in [-0.3, -0.25) is 0 Å². The lowest BCUT2D eigenvalue weighted by atomic mass is 10.1. The summed E-state index contributed by atoms with van der Waals surface area (Å²) in [5, 5.41) is 12.2. The molecule has 0 saturated carbocycles. The van der Waals surface area contributed by atoms with Crippen LogP contribution in [-0.2, 0) is 6.42 Å². The van der Waals surface area contributed by atoms with E-state index in [0.717, 1.165) is 13.0 Å². The molecule has 0 aliphatic carbocycles. The first-order chi connectivity index (χ1) is 7.86. The summed E-state index contributed by atoms with van der Waals surface area (Å²) < 4.78 is 0. The Balaban J connectivity index is 2.21. The maximum atomic E-state index is 8.80. The summed E-state index contributed by atoms with van der Waals surface area (Å²) in [4.78, 5) is 0. The lowest BCUT2D eigenvalue weighted by Crippen LogP contribution is -2.01. The molecule has 0 amide bonds. The average Bonchev–Trinajstić information content (AvgIpc) is 2.31. The van der Waals surface area contributed by atoms with Gasteiger partial charge < -0.3 is 10.4 Å². The van der Waals surface area contributed by atoms with Gasteiger partial charge >= 0.3 is 0 Å². The molecule has 2 heteroatoms. The smallest absolute Gasteiger partial charge is 0.0471 e. The highest BCUT2D eigenvalue weighted by Gasteiger charge is 1.94. The first-order valence-corrected chi connectivity index (χ1v) is 6.30. The van der Waals surface area contributed by atoms with Crippen LogP contribution in [0.3, 0.4) is 0 Å². The van der Waals surface area contributed by atoms with Crippen molar-refractivity contribution < 1.29 is 5.11 Å². The maximum Gasteiger partial charge on any atom is 0.0471 e. The Bertz CT molecular complexity index is 269. The molecule has 1 aromatic carbocycles. The molecule has 0 fully saturated rings. The molecule has 0 radical (unpaired) electrons. The van der Waals surface area contributed by atoms with Crippen LogP contribution in [0.25, 0.3) is 0 Å². The van der Waals surface area contributed by atoms with E-state index in [2.05, 4.69) is 36.5 Å². The van der Waals surface area contributed by atoms with Crippen molar-refractivity contribution in [3.63, 3.8) is 0 Å². The number of aliphatic hydroxyl groups is 1. The van der Waals surface area contributed by atoms with Crippen LogP contribution < -0.4 is 5.32 Å². The summed E-state index contributed by atoms with van der Waals surface area (Å²) in [5.74, 6) is 0. The van der Waals surface area contributed by atoms with Gasteiger partial charge in [0.15, 0.2) is 0 Å². The highest BCUT2D eigenvalue weighted by Crippen LogP contribution is 2.10. The van der Waals surface area contributed by atoms with E-state index in [-0.39, 0.29) is 6.61 Å². The summed E-state index contributed by atoms with van der Waals surface area (Å²) in [5.41, 5.74) is 2.37. The van der Waals surface area contributed by atoms with Crippen LogP contribution in [0.2, 0.25) is 0 Å². The van der Waals surface area contributed by atoms with Crippen molar-refractivity contribution >= 4 is 5.69 Å². The number of hydrogen-bond acceptors (Lipinski definition) is 2. The summed E-state index contributed by atoms with van der Waals surface area (Å²) in [6.07, 6.45) is 5.92. The molecule has 2 N–H and O–H groups in total. The predicted molar refractivity (Wildman–Crippen MR) is 69.9 cm³/mol. The van der Waals surface area contributed by atoms with Gasteiger partial charge in [-0.15, -0.1) is 0 Å². The molecule has 0 heterocycles. The molecule has 0 aliphatic heterocycles. The molecule has 0 saturated heterocycles. The van der Waals surface area contributed by atoms with Crippen LogP contribution >= 0.6 is 0 Å². The zero-order valence-corrected chi connectivity index (χ0v) is 10.2. The third-order valence-electron chi connectivity index (χ3n) is 2.71. The van der Waals surface area contributed by atoms with Crippen molar-refractivity contribution in [1.29, 1.82) is 0 Å². The Morgan fingerprint density at radius 2 is 1.81 bits per heavy atom. The van der Waals surface area contributed by atoms with Gasteiger partial charge in [0, 0.05) is 18.8 Å². The monoisotopic (exact) mass is 221 g/mol. The Labute approximate surface area is 98.7 Å². The van der Waals surface area contributed by atoms with Gasteiger partial charge in [-0.05, 0) is 30.5 Å². The van der Waals surface area contributed by atoms with Gasteiger partial charge in [-0.2, -0.15) is 0 Å². The number of anilines is 1. The number of aliphatic hydroxyl groups excluding tert-OH is 1. The Morgan fingerprint density at radius 3 is 2.44 bits per heavy atom. The normalized spacial score (nSPS) is 10.4. The molecule has 2 nitrogen and oxygen atoms in total. The Hall–Kier alpha value is -1.02. The van der Waals surface area contributed by atoms with E-state index < -0.39 is 0 Å². The third-order valence-corrected chi connectivity index (χ3v) is 2.71. The number of nitrogens with one attached hydrogen (secondary N) is 1. The minimum atomic E-state index is 0.226. The molecule has 0 aliphatic rings. The topological polar surface area (TPSA) is 32.3 Å². The summed E-state index contributed by atoms with van der Waals surface area (Å²) in [7, 11) is 0. The second kappa shape index (κ2) is 8.17. The fourth-order valence-electron chi connectivity index (χ4n) is 1.70. The summed E-state index contributed by atoms with van der Waals surface area (Å²) in [6.45, 7) is 3.51. The van der Waals surface area contributed by atoms with Gasteiger partial charge in [0.05, 0.1) is 0 Å². The third kappa shape index (κ3) is 5.17. The van der Waals surface area contributed by atoms with E-state index in [1.807, 2.05) is 0 Å². The van der Waals surface area contributed by atoms with E-state index in [1.165, 1.54) is 36.9 Å². The van der Waals surface area contributed by atoms with E-state index in [0.29, 0.717) is 0 Å². The van der Waals surface area contributed by atoms with Crippen molar-refractivity contribution in [2.24, 2.45) is 0 Å². The molecule has 1 rings (SSSR count). The van der Waals surface area contributed by atoms with E-state index in [4.69, 9.17) is 5.11 Å². The predicted octanol–water partition coefficient (Wildman–Crippen LogP) is 3.21. The first kappa shape index (κ1) is 13.0. The molecule has 0 aromatic heterocycles. The highest BCUT2D eigenvalue weighted by atomic mass is 16.2. The van der Waals surface area contributed by atoms with Crippen molar-refractivity contribution in [2.75, 3.05) is 18.5 Å². The molecule has 0 atom stereocenters. The lowest BCUT2D eigenvalue weighted by Gasteiger charge is -2.06. The van der Waals surface area contributed by atoms with Crippen LogP contribution in [0, 0.1) is 0 Å². The van der Waals surface area contributed by atoms with Crippen LogP contribution in [0.15, 0.2) is 24.3 Å². The van der Waals surface area contributed by atoms with Crippen molar-refractivity contribution in [3.8, 4) is 0 Å². The fraction of sp³-hybridized carbons (Fsp3) is 0.571. The maximum absolute atomic E-state index is 8.80. The molecule has 90 valence electrons. The number of rotatable bonds is 8. The van der Waals surface area contributed by atoms with E-state index in [1.54, 1.807) is 0 Å². The molecule has 16 heavy (non-hydrogen) atoms. The van der Waals surface area contributed by atoms with Crippen LogP contribution in [0.1, 0.15) is 38.2 Å². The van der Waals surface area contributed by atoms with E-state index in [9.17, 15) is 0 Å². The zero-order chi connectivity index (χ0) is 11.6. The minimum Gasteiger partial charge on any atom is -0.396 e. The standard InChI is InChI=1S/C14H23NO/c1-2-3-4-5-11-15-14-8-6-13(7-9-14)10-12-16/h6-9,15-16H,2-5,10-12H2,1H3. The molecule has 0 bridgehead atoms. The van der Waals surface area contributed by atoms with E-state index >= 15 is 0 Å². The molecular weight excluding hydrogens is 198 g/mol. The average molecular weight is 221 g/mol.